The first-order valence-electron chi connectivity index (χ1n) is 12.0. The molecule has 33 heavy (non-hydrogen) atoms. The molecule has 1 aliphatic heterocycles. The zero-order valence-electron chi connectivity index (χ0n) is 20.4. The topological polar surface area (TPSA) is 114 Å². The molecule has 0 bridgehead atoms. The van der Waals surface area contributed by atoms with Crippen LogP contribution >= 0.6 is 0 Å². The van der Waals surface area contributed by atoms with Crippen molar-refractivity contribution in [1.29, 1.82) is 0 Å². The van der Waals surface area contributed by atoms with Gasteiger partial charge < -0.3 is 21.3 Å². The van der Waals surface area contributed by atoms with E-state index in [0.29, 0.717) is 17.9 Å². The predicted molar refractivity (Wildman–Crippen MR) is 133 cm³/mol. The highest BCUT2D eigenvalue weighted by atomic mass is 15.3. The van der Waals surface area contributed by atoms with E-state index in [1.54, 1.807) is 4.52 Å². The predicted octanol–water partition coefficient (Wildman–Crippen LogP) is 2.70. The Kier molecular flexibility index (Phi) is 6.97. The molecule has 3 aromatic heterocycles. The van der Waals surface area contributed by atoms with E-state index in [1.165, 1.54) is 18.4 Å². The molecule has 3 aromatic rings. The van der Waals surface area contributed by atoms with Crippen LogP contribution in [0.1, 0.15) is 55.1 Å². The zero-order chi connectivity index (χ0) is 23.5. The van der Waals surface area contributed by atoms with E-state index >= 15 is 0 Å². The van der Waals surface area contributed by atoms with E-state index in [0.717, 1.165) is 67.6 Å². The number of fused-ring (bicyclic) bond motifs is 1. The van der Waals surface area contributed by atoms with Crippen molar-refractivity contribution in [3.05, 3.63) is 34.8 Å². The Labute approximate surface area is 196 Å². The number of imidazole rings is 1. The lowest BCUT2D eigenvalue weighted by Crippen LogP contribution is -2.37. The number of nitrogens with zero attached hydrogens (tertiary/aromatic N) is 7. The van der Waals surface area contributed by atoms with E-state index in [4.69, 9.17) is 21.4 Å². The standard InChI is InChI=1S/C24H37N9/c1-5-6-7-19-20(33-23(28-19)21(25)29-24(26)30-33)13-18-12-16(2)22(27-14-18)32-10-8-17(9-11-32)15-31(3)4/h12,14,17H,5-11,13,15H2,1-4H3,(H4,25,26,29,30). The molecular formula is C24H37N9. The summed E-state index contributed by atoms with van der Waals surface area (Å²) in [5, 5.41) is 4.41. The third-order valence-corrected chi connectivity index (χ3v) is 6.48. The highest BCUT2D eigenvalue weighted by Gasteiger charge is 2.22. The normalized spacial score (nSPS) is 15.1. The van der Waals surface area contributed by atoms with Crippen molar-refractivity contribution >= 4 is 23.2 Å². The molecule has 9 heteroatoms. The Hall–Kier alpha value is -2.94. The molecule has 0 unspecified atom stereocenters. The van der Waals surface area contributed by atoms with Gasteiger partial charge in [-0.25, -0.2) is 14.5 Å². The Morgan fingerprint density at radius 3 is 2.58 bits per heavy atom. The quantitative estimate of drug-likeness (QED) is 0.537. The summed E-state index contributed by atoms with van der Waals surface area (Å²) in [7, 11) is 4.31. The minimum Gasteiger partial charge on any atom is -0.380 e. The van der Waals surface area contributed by atoms with Gasteiger partial charge in [-0.05, 0) is 63.7 Å². The van der Waals surface area contributed by atoms with Crippen LogP contribution in [0.2, 0.25) is 0 Å². The van der Waals surface area contributed by atoms with Gasteiger partial charge in [-0.3, -0.25) is 0 Å². The fourth-order valence-electron chi connectivity index (χ4n) is 4.87. The number of unbranched alkanes of at least 4 members (excludes halogenated alkanes) is 1. The van der Waals surface area contributed by atoms with Crippen molar-refractivity contribution in [2.24, 2.45) is 5.92 Å². The molecule has 0 spiro atoms. The summed E-state index contributed by atoms with van der Waals surface area (Å²) in [6, 6.07) is 2.24. The maximum Gasteiger partial charge on any atom is 0.240 e. The number of hydrogen-bond acceptors (Lipinski definition) is 8. The van der Waals surface area contributed by atoms with Crippen LogP contribution in [0.4, 0.5) is 17.6 Å². The molecule has 0 atom stereocenters. The van der Waals surface area contributed by atoms with Crippen molar-refractivity contribution in [2.75, 3.05) is 50.1 Å². The number of aromatic nitrogens is 5. The third-order valence-electron chi connectivity index (χ3n) is 6.48. The Morgan fingerprint density at radius 1 is 1.15 bits per heavy atom. The monoisotopic (exact) mass is 451 g/mol. The molecule has 0 aromatic carbocycles. The summed E-state index contributed by atoms with van der Waals surface area (Å²) in [6.45, 7) is 7.63. The number of piperidine rings is 1. The highest BCUT2D eigenvalue weighted by molar-refractivity contribution is 5.62. The summed E-state index contributed by atoms with van der Waals surface area (Å²) in [4.78, 5) is 18.4. The second-order valence-corrected chi connectivity index (χ2v) is 9.55. The average molecular weight is 452 g/mol. The number of nitrogen functional groups attached to an aromatic ring is 2. The smallest absolute Gasteiger partial charge is 0.240 e. The van der Waals surface area contributed by atoms with Crippen molar-refractivity contribution in [1.82, 2.24) is 29.5 Å². The van der Waals surface area contributed by atoms with E-state index in [2.05, 4.69) is 53.9 Å². The lowest BCUT2D eigenvalue weighted by molar-refractivity contribution is 0.284. The van der Waals surface area contributed by atoms with Crippen molar-refractivity contribution in [3.8, 4) is 0 Å². The highest BCUT2D eigenvalue weighted by Crippen LogP contribution is 2.27. The Morgan fingerprint density at radius 2 is 1.91 bits per heavy atom. The number of nitrogens with two attached hydrogens (primary N) is 2. The zero-order valence-corrected chi connectivity index (χ0v) is 20.4. The summed E-state index contributed by atoms with van der Waals surface area (Å²) < 4.78 is 1.77. The molecule has 1 aliphatic rings. The minimum atomic E-state index is 0.156. The number of rotatable bonds is 8. The summed E-state index contributed by atoms with van der Waals surface area (Å²) in [6.07, 6.45) is 8.12. The molecule has 1 fully saturated rings. The fraction of sp³-hybridized carbons (Fsp3) is 0.583. The van der Waals surface area contributed by atoms with Gasteiger partial charge in [-0.2, -0.15) is 4.98 Å². The fourth-order valence-corrected chi connectivity index (χ4v) is 4.87. The molecule has 0 amide bonds. The van der Waals surface area contributed by atoms with E-state index in [-0.39, 0.29) is 5.95 Å². The van der Waals surface area contributed by atoms with Crippen LogP contribution in [-0.2, 0) is 12.8 Å². The van der Waals surface area contributed by atoms with Gasteiger partial charge >= 0.3 is 0 Å². The van der Waals surface area contributed by atoms with Gasteiger partial charge in [0.15, 0.2) is 11.5 Å². The van der Waals surface area contributed by atoms with Crippen molar-refractivity contribution in [3.63, 3.8) is 0 Å². The first-order chi connectivity index (χ1) is 15.9. The van der Waals surface area contributed by atoms with Gasteiger partial charge in [0, 0.05) is 32.3 Å². The molecule has 4 rings (SSSR count). The van der Waals surface area contributed by atoms with Crippen LogP contribution in [0.5, 0.6) is 0 Å². The molecule has 9 nitrogen and oxygen atoms in total. The number of aryl methyl sites for hydroxylation is 2. The van der Waals surface area contributed by atoms with E-state index < -0.39 is 0 Å². The second kappa shape index (κ2) is 9.91. The molecule has 4 heterocycles. The van der Waals surface area contributed by atoms with Crippen LogP contribution in [-0.4, -0.2) is 63.2 Å². The van der Waals surface area contributed by atoms with Crippen molar-refractivity contribution in [2.45, 2.75) is 52.4 Å². The molecule has 0 radical (unpaired) electrons. The number of pyridine rings is 1. The van der Waals surface area contributed by atoms with Gasteiger partial charge in [-0.15, -0.1) is 5.10 Å². The van der Waals surface area contributed by atoms with Gasteiger partial charge in [0.1, 0.15) is 5.82 Å². The van der Waals surface area contributed by atoms with E-state index in [1.807, 2.05) is 6.20 Å². The van der Waals surface area contributed by atoms with Crippen LogP contribution in [0.3, 0.4) is 0 Å². The van der Waals surface area contributed by atoms with Crippen LogP contribution < -0.4 is 16.4 Å². The summed E-state index contributed by atoms with van der Waals surface area (Å²) >= 11 is 0. The maximum atomic E-state index is 6.09. The summed E-state index contributed by atoms with van der Waals surface area (Å²) in [5.74, 6) is 2.34. The first-order valence-corrected chi connectivity index (χ1v) is 12.0. The largest absolute Gasteiger partial charge is 0.380 e. The van der Waals surface area contributed by atoms with E-state index in [9.17, 15) is 0 Å². The second-order valence-electron chi connectivity index (χ2n) is 9.55. The maximum absolute atomic E-state index is 6.09. The van der Waals surface area contributed by atoms with Gasteiger partial charge in [0.2, 0.25) is 5.95 Å². The van der Waals surface area contributed by atoms with Crippen LogP contribution in [0.25, 0.3) is 5.65 Å². The van der Waals surface area contributed by atoms with Gasteiger partial charge in [-0.1, -0.05) is 19.4 Å². The number of hydrogen-bond donors (Lipinski definition) is 2. The SMILES string of the molecule is CCCCc1nc2c(N)nc(N)nn2c1Cc1cnc(N2CCC(CN(C)C)CC2)c(C)c1. The average Bonchev–Trinajstić information content (AvgIpc) is 3.10. The van der Waals surface area contributed by atoms with Crippen LogP contribution in [0.15, 0.2) is 12.3 Å². The minimum absolute atomic E-state index is 0.156. The lowest BCUT2D eigenvalue weighted by Gasteiger charge is -2.34. The lowest BCUT2D eigenvalue weighted by atomic mass is 9.96. The molecule has 0 aliphatic carbocycles. The first kappa shape index (κ1) is 23.2. The van der Waals surface area contributed by atoms with Crippen molar-refractivity contribution < 1.29 is 0 Å². The van der Waals surface area contributed by atoms with Crippen LogP contribution in [0, 0.1) is 12.8 Å². The Bertz CT molecular complexity index is 1100. The molecular weight excluding hydrogens is 414 g/mol. The number of anilines is 3. The molecule has 0 saturated carbocycles. The third kappa shape index (κ3) is 5.19. The van der Waals surface area contributed by atoms with Gasteiger partial charge in [0.05, 0.1) is 11.4 Å². The summed E-state index contributed by atoms with van der Waals surface area (Å²) in [5.41, 5.74) is 16.9. The molecule has 1 saturated heterocycles. The molecule has 4 N–H and O–H groups in total. The Balaban J connectivity index is 1.56. The van der Waals surface area contributed by atoms with Gasteiger partial charge in [0.25, 0.3) is 0 Å². The molecule has 178 valence electrons.